The van der Waals surface area contributed by atoms with Gasteiger partial charge in [-0.2, -0.15) is 0 Å². The summed E-state index contributed by atoms with van der Waals surface area (Å²) in [7, 11) is 0. The minimum Gasteiger partial charge on any atom is -0.507 e. The lowest BCUT2D eigenvalue weighted by atomic mass is 9.97. The minimum atomic E-state index is -1.08. The van der Waals surface area contributed by atoms with Crippen LogP contribution >= 0.6 is 0 Å². The number of ketones is 1. The van der Waals surface area contributed by atoms with Crippen LogP contribution in [0.4, 0.5) is 0 Å². The molecule has 2 N–H and O–H groups in total. The first-order valence-corrected chi connectivity index (χ1v) is 10.3. The molecule has 0 fully saturated rings. The molecule has 150 valence electrons. The van der Waals surface area contributed by atoms with Crippen molar-refractivity contribution in [1.29, 1.82) is 0 Å². The molecule has 1 aliphatic heterocycles. The number of esters is 1. The van der Waals surface area contributed by atoms with E-state index in [-0.39, 0.29) is 17.8 Å². The van der Waals surface area contributed by atoms with Crippen molar-refractivity contribution in [3.63, 3.8) is 0 Å². The van der Waals surface area contributed by atoms with Gasteiger partial charge in [0.2, 0.25) is 0 Å². The van der Waals surface area contributed by atoms with Gasteiger partial charge in [-0.05, 0) is 12.3 Å². The molecule has 2 atom stereocenters. The van der Waals surface area contributed by atoms with Crippen LogP contribution in [0.5, 0.6) is 0 Å². The number of carbonyl (C=O) groups is 2. The number of carbonyl (C=O) groups excluding carboxylic acids is 2. The lowest BCUT2D eigenvalue weighted by Gasteiger charge is -2.10. The summed E-state index contributed by atoms with van der Waals surface area (Å²) in [5.74, 6) is -0.778. The number of ether oxygens (including phenoxy) is 1. The first kappa shape index (κ1) is 22.7. The number of rotatable bonds is 15. The summed E-state index contributed by atoms with van der Waals surface area (Å²) >= 11 is 0. The number of cyclic esters (lactones) is 1. The van der Waals surface area contributed by atoms with Crippen LogP contribution in [0, 0.1) is 5.92 Å². The maximum Gasteiger partial charge on any atom is 0.346 e. The molecule has 1 aliphatic rings. The summed E-state index contributed by atoms with van der Waals surface area (Å²) in [6.45, 7) is 4.08. The van der Waals surface area contributed by atoms with Gasteiger partial charge in [0.15, 0.2) is 17.6 Å². The first-order chi connectivity index (χ1) is 12.5. The molecule has 0 amide bonds. The molecule has 5 heteroatoms. The number of aliphatic hydroxyl groups excluding tert-OH is 2. The summed E-state index contributed by atoms with van der Waals surface area (Å²) in [5, 5.41) is 18.7. The van der Waals surface area contributed by atoms with E-state index >= 15 is 0 Å². The molecule has 1 rings (SSSR count). The molecule has 0 aromatic carbocycles. The van der Waals surface area contributed by atoms with Crippen molar-refractivity contribution in [2.45, 2.75) is 97.0 Å². The van der Waals surface area contributed by atoms with E-state index in [1.807, 2.05) is 0 Å². The van der Waals surface area contributed by atoms with Gasteiger partial charge in [-0.15, -0.1) is 0 Å². The zero-order chi connectivity index (χ0) is 19.4. The molecule has 26 heavy (non-hydrogen) atoms. The molecule has 0 bridgehead atoms. The van der Waals surface area contributed by atoms with E-state index in [0.717, 1.165) is 18.8 Å². The predicted octanol–water partition coefficient (Wildman–Crippen LogP) is 4.62. The van der Waals surface area contributed by atoms with Gasteiger partial charge in [0.05, 0.1) is 6.61 Å². The summed E-state index contributed by atoms with van der Waals surface area (Å²) in [4.78, 5) is 23.6. The number of Topliss-reactive ketones (excluding diaryl/α,β-unsaturated/α-hetero) is 1. The Morgan fingerprint density at radius 1 is 1.04 bits per heavy atom. The third-order valence-corrected chi connectivity index (χ3v) is 5.11. The maximum atomic E-state index is 12.0. The molecule has 5 nitrogen and oxygen atoms in total. The van der Waals surface area contributed by atoms with E-state index in [1.165, 1.54) is 51.4 Å². The Morgan fingerprint density at radius 2 is 1.62 bits per heavy atom. The first-order valence-electron chi connectivity index (χ1n) is 10.3. The summed E-state index contributed by atoms with van der Waals surface area (Å²) < 4.78 is 4.74. The van der Waals surface area contributed by atoms with Crippen LogP contribution in [0.15, 0.2) is 11.3 Å². The SMILES string of the molecule is CCCCC(C)CCCCCCCCCC(=O)C1=C(O)C(CO)OC1=O. The lowest BCUT2D eigenvalue weighted by molar-refractivity contribution is -0.142. The average Bonchev–Trinajstić information content (AvgIpc) is 2.91. The number of unbranched alkanes of at least 4 members (excludes halogenated alkanes) is 7. The van der Waals surface area contributed by atoms with Gasteiger partial charge in [0.1, 0.15) is 5.57 Å². The second-order valence-electron chi connectivity index (χ2n) is 7.52. The van der Waals surface area contributed by atoms with Crippen molar-refractivity contribution in [3.05, 3.63) is 11.3 Å². The van der Waals surface area contributed by atoms with Crippen molar-refractivity contribution < 1.29 is 24.5 Å². The Hall–Kier alpha value is -1.36. The third kappa shape index (κ3) is 7.90. The zero-order valence-electron chi connectivity index (χ0n) is 16.5. The third-order valence-electron chi connectivity index (χ3n) is 5.11. The Labute approximate surface area is 157 Å². The highest BCUT2D eigenvalue weighted by molar-refractivity contribution is 6.19. The van der Waals surface area contributed by atoms with Gasteiger partial charge in [-0.3, -0.25) is 4.79 Å². The van der Waals surface area contributed by atoms with Crippen LogP contribution in [-0.4, -0.2) is 34.7 Å². The van der Waals surface area contributed by atoms with Gasteiger partial charge in [-0.25, -0.2) is 4.79 Å². The molecule has 0 aromatic heterocycles. The van der Waals surface area contributed by atoms with Crippen molar-refractivity contribution in [1.82, 2.24) is 0 Å². The quantitative estimate of drug-likeness (QED) is 0.250. The van der Waals surface area contributed by atoms with Gasteiger partial charge < -0.3 is 14.9 Å². The Balaban J connectivity index is 2.05. The molecular formula is C21H36O5. The summed E-state index contributed by atoms with van der Waals surface area (Å²) in [5.41, 5.74) is -0.277. The standard InChI is InChI=1S/C21H36O5/c1-3-4-12-16(2)13-10-8-6-5-7-9-11-14-17(23)19-20(24)18(15-22)26-21(19)25/h16,18,22,24H,3-15H2,1-2H3. The molecule has 0 saturated heterocycles. The van der Waals surface area contributed by atoms with Crippen LogP contribution in [0.2, 0.25) is 0 Å². The fraction of sp³-hybridized carbons (Fsp3) is 0.810. The van der Waals surface area contributed by atoms with Crippen LogP contribution < -0.4 is 0 Å². The molecule has 0 aliphatic carbocycles. The van der Waals surface area contributed by atoms with E-state index in [1.54, 1.807) is 0 Å². The molecular weight excluding hydrogens is 332 g/mol. The van der Waals surface area contributed by atoms with Crippen molar-refractivity contribution in [2.24, 2.45) is 5.92 Å². The summed E-state index contributed by atoms with van der Waals surface area (Å²) in [6.07, 6.45) is 12.2. The zero-order valence-corrected chi connectivity index (χ0v) is 16.5. The van der Waals surface area contributed by atoms with E-state index in [9.17, 15) is 14.7 Å². The van der Waals surface area contributed by atoms with E-state index in [0.29, 0.717) is 6.42 Å². The van der Waals surface area contributed by atoms with Gasteiger partial charge in [-0.1, -0.05) is 78.1 Å². The van der Waals surface area contributed by atoms with E-state index < -0.39 is 24.4 Å². The Bertz CT molecular complexity index is 469. The molecule has 1 heterocycles. The predicted molar refractivity (Wildman–Crippen MR) is 102 cm³/mol. The number of aliphatic hydroxyl groups is 2. The monoisotopic (exact) mass is 368 g/mol. The van der Waals surface area contributed by atoms with Crippen LogP contribution in [0.3, 0.4) is 0 Å². The highest BCUT2D eigenvalue weighted by Gasteiger charge is 2.37. The normalized spacial score (nSPS) is 18.3. The molecule has 2 unspecified atom stereocenters. The minimum absolute atomic E-state index is 0.238. The van der Waals surface area contributed by atoms with E-state index in [4.69, 9.17) is 9.84 Å². The topological polar surface area (TPSA) is 83.8 Å². The molecule has 0 spiro atoms. The van der Waals surface area contributed by atoms with Crippen LogP contribution in [0.25, 0.3) is 0 Å². The average molecular weight is 369 g/mol. The fourth-order valence-electron chi connectivity index (χ4n) is 3.37. The van der Waals surface area contributed by atoms with Gasteiger partial charge >= 0.3 is 5.97 Å². The summed E-state index contributed by atoms with van der Waals surface area (Å²) in [6, 6.07) is 0. The highest BCUT2D eigenvalue weighted by atomic mass is 16.6. The second kappa shape index (κ2) is 12.9. The van der Waals surface area contributed by atoms with Crippen LogP contribution in [0.1, 0.15) is 90.9 Å². The highest BCUT2D eigenvalue weighted by Crippen LogP contribution is 2.23. The largest absolute Gasteiger partial charge is 0.507 e. The molecule has 0 saturated carbocycles. The van der Waals surface area contributed by atoms with Crippen molar-refractivity contribution in [3.8, 4) is 0 Å². The van der Waals surface area contributed by atoms with Crippen LogP contribution in [-0.2, 0) is 14.3 Å². The number of hydrogen-bond acceptors (Lipinski definition) is 5. The smallest absolute Gasteiger partial charge is 0.346 e. The van der Waals surface area contributed by atoms with Crippen molar-refractivity contribution >= 4 is 11.8 Å². The van der Waals surface area contributed by atoms with Gasteiger partial charge in [0.25, 0.3) is 0 Å². The van der Waals surface area contributed by atoms with E-state index in [2.05, 4.69) is 13.8 Å². The fourth-order valence-corrected chi connectivity index (χ4v) is 3.37. The Kier molecular flexibility index (Phi) is 11.3. The van der Waals surface area contributed by atoms with Crippen molar-refractivity contribution in [2.75, 3.05) is 6.61 Å². The lowest BCUT2D eigenvalue weighted by Crippen LogP contribution is -2.15. The maximum absolute atomic E-state index is 12.0. The Morgan fingerprint density at radius 3 is 2.19 bits per heavy atom. The number of hydrogen-bond donors (Lipinski definition) is 2. The molecule has 0 radical (unpaired) electrons. The van der Waals surface area contributed by atoms with Gasteiger partial charge in [0, 0.05) is 6.42 Å². The molecule has 0 aromatic rings. The second-order valence-corrected chi connectivity index (χ2v) is 7.52.